The van der Waals surface area contributed by atoms with Gasteiger partial charge in [-0.25, -0.2) is 0 Å². The van der Waals surface area contributed by atoms with Gasteiger partial charge < -0.3 is 44.5 Å². The number of ether oxygens (including phenoxy) is 4. The van der Waals surface area contributed by atoms with Gasteiger partial charge in [0.25, 0.3) is 0 Å². The highest BCUT2D eigenvalue weighted by Gasteiger charge is 2.62. The molecule has 5 N–H and O–H groups in total. The molecule has 3 rings (SSSR count). The molecule has 2 heterocycles. The lowest BCUT2D eigenvalue weighted by Crippen LogP contribution is -2.61. The lowest BCUT2D eigenvalue weighted by atomic mass is 9.81. The first kappa shape index (κ1) is 20.5. The van der Waals surface area contributed by atoms with Crippen LogP contribution in [0.15, 0.2) is 12.3 Å². The molecule has 1 saturated heterocycles. The van der Waals surface area contributed by atoms with E-state index in [1.54, 1.807) is 6.92 Å². The molecule has 1 aliphatic carbocycles. The number of hydrogen-bond acceptors (Lipinski definition) is 10. The van der Waals surface area contributed by atoms with E-state index in [1.807, 2.05) is 0 Å². The minimum Gasteiger partial charge on any atom is -0.472 e. The molecule has 3 aliphatic rings. The second kappa shape index (κ2) is 7.28. The van der Waals surface area contributed by atoms with Gasteiger partial charge in [0.1, 0.15) is 30.0 Å². The normalized spacial score (nSPS) is 49.4. The van der Waals surface area contributed by atoms with Gasteiger partial charge in [0.15, 0.2) is 6.29 Å². The molecular weight excluding hydrogens is 364 g/mol. The molecule has 0 spiro atoms. The maximum Gasteiger partial charge on any atom is 0.303 e. The standard InChI is InChI=1S/C17H26O10/c1-8(19)27-16(2)3-4-17(23)5-6-24-15(13(16)17)26-14-12(22)11(21)10(20)9(7-18)25-14/h5-6,9-15,18,20-23H,3-4,7H2,1-2H3/t9-,10+,11-,12+,13+,14-,15-,16-,17-/m0/s1. The summed E-state index contributed by atoms with van der Waals surface area (Å²) in [5.41, 5.74) is -2.45. The molecular formula is C17H26O10. The van der Waals surface area contributed by atoms with Crippen LogP contribution < -0.4 is 0 Å². The van der Waals surface area contributed by atoms with Crippen LogP contribution in [0.5, 0.6) is 0 Å². The molecule has 27 heavy (non-hydrogen) atoms. The third kappa shape index (κ3) is 3.58. The van der Waals surface area contributed by atoms with E-state index in [1.165, 1.54) is 19.3 Å². The van der Waals surface area contributed by atoms with Crippen molar-refractivity contribution in [1.82, 2.24) is 0 Å². The summed E-state index contributed by atoms with van der Waals surface area (Å²) >= 11 is 0. The van der Waals surface area contributed by atoms with Crippen molar-refractivity contribution >= 4 is 5.97 Å². The van der Waals surface area contributed by atoms with E-state index in [0.717, 1.165) is 0 Å². The Kier molecular flexibility index (Phi) is 5.52. The van der Waals surface area contributed by atoms with E-state index in [4.69, 9.17) is 18.9 Å². The molecule has 0 amide bonds. The second-order valence-corrected chi connectivity index (χ2v) is 7.52. The van der Waals surface area contributed by atoms with Gasteiger partial charge in [0, 0.05) is 6.92 Å². The summed E-state index contributed by atoms with van der Waals surface area (Å²) in [6.45, 7) is 2.31. The van der Waals surface area contributed by atoms with Crippen LogP contribution in [-0.4, -0.2) is 86.3 Å². The quantitative estimate of drug-likeness (QED) is 0.345. The average molecular weight is 390 g/mol. The fourth-order valence-electron chi connectivity index (χ4n) is 4.18. The predicted molar refractivity (Wildman–Crippen MR) is 86.7 cm³/mol. The fourth-order valence-corrected chi connectivity index (χ4v) is 4.18. The Labute approximate surface area is 155 Å². The minimum atomic E-state index is -1.62. The lowest BCUT2D eigenvalue weighted by molar-refractivity contribution is -0.350. The van der Waals surface area contributed by atoms with Gasteiger partial charge in [0.05, 0.1) is 24.4 Å². The maximum absolute atomic E-state index is 11.5. The largest absolute Gasteiger partial charge is 0.472 e. The van der Waals surface area contributed by atoms with Crippen molar-refractivity contribution in [3.63, 3.8) is 0 Å². The summed E-state index contributed by atoms with van der Waals surface area (Å²) in [6, 6.07) is 0. The summed E-state index contributed by atoms with van der Waals surface area (Å²) in [7, 11) is 0. The molecule has 2 fully saturated rings. The number of carbonyl (C=O) groups is 1. The third-order valence-electron chi connectivity index (χ3n) is 5.55. The van der Waals surface area contributed by atoms with Crippen LogP contribution in [0, 0.1) is 5.92 Å². The lowest BCUT2D eigenvalue weighted by Gasteiger charge is -2.45. The van der Waals surface area contributed by atoms with Gasteiger partial charge in [-0.05, 0) is 25.8 Å². The van der Waals surface area contributed by atoms with Crippen molar-refractivity contribution in [2.45, 2.75) is 74.9 Å². The Morgan fingerprint density at radius 3 is 2.52 bits per heavy atom. The maximum atomic E-state index is 11.5. The monoisotopic (exact) mass is 390 g/mol. The molecule has 0 aromatic heterocycles. The van der Waals surface area contributed by atoms with E-state index < -0.39 is 66.7 Å². The Bertz CT molecular complexity index is 594. The number of fused-ring (bicyclic) bond motifs is 1. The van der Waals surface area contributed by atoms with Gasteiger partial charge in [-0.15, -0.1) is 0 Å². The average Bonchev–Trinajstić information content (AvgIpc) is 2.86. The molecule has 10 heteroatoms. The molecule has 0 aromatic rings. The predicted octanol–water partition coefficient (Wildman–Crippen LogP) is -1.86. The highest BCUT2D eigenvalue weighted by molar-refractivity contribution is 5.66. The van der Waals surface area contributed by atoms with Crippen molar-refractivity contribution in [2.75, 3.05) is 6.61 Å². The van der Waals surface area contributed by atoms with Crippen LogP contribution in [0.4, 0.5) is 0 Å². The number of esters is 1. The van der Waals surface area contributed by atoms with E-state index in [-0.39, 0.29) is 0 Å². The number of rotatable bonds is 4. The molecule has 0 bridgehead atoms. The van der Waals surface area contributed by atoms with Crippen molar-refractivity contribution < 1.29 is 49.3 Å². The van der Waals surface area contributed by atoms with E-state index >= 15 is 0 Å². The zero-order valence-corrected chi connectivity index (χ0v) is 15.1. The SMILES string of the molecule is CC(=O)O[C@@]1(C)CC[C@]2(O)C=CO[C@@H](O[C@@H]3O[C@@H](CO)[C@@H](O)[C@H](O)[C@H]3O)[C@@H]21. The summed E-state index contributed by atoms with van der Waals surface area (Å²) in [6.07, 6.45) is -5.14. The Hall–Kier alpha value is -1.27. The van der Waals surface area contributed by atoms with Crippen LogP contribution in [-0.2, 0) is 23.7 Å². The Morgan fingerprint density at radius 2 is 1.89 bits per heavy atom. The van der Waals surface area contributed by atoms with E-state index in [9.17, 15) is 30.3 Å². The smallest absolute Gasteiger partial charge is 0.303 e. The van der Waals surface area contributed by atoms with Gasteiger partial charge >= 0.3 is 5.97 Å². The molecule has 0 aromatic carbocycles. The molecule has 0 unspecified atom stereocenters. The third-order valence-corrected chi connectivity index (χ3v) is 5.55. The van der Waals surface area contributed by atoms with Crippen molar-refractivity contribution in [2.24, 2.45) is 5.92 Å². The zero-order valence-electron chi connectivity index (χ0n) is 15.1. The van der Waals surface area contributed by atoms with Crippen molar-refractivity contribution in [1.29, 1.82) is 0 Å². The molecule has 10 nitrogen and oxygen atoms in total. The van der Waals surface area contributed by atoms with Crippen molar-refractivity contribution in [3.8, 4) is 0 Å². The van der Waals surface area contributed by atoms with Gasteiger partial charge in [0.2, 0.25) is 6.29 Å². The summed E-state index contributed by atoms with van der Waals surface area (Å²) in [5, 5.41) is 50.2. The first-order valence-electron chi connectivity index (χ1n) is 8.82. The number of aliphatic hydroxyl groups is 5. The molecule has 2 aliphatic heterocycles. The van der Waals surface area contributed by atoms with Crippen LogP contribution >= 0.6 is 0 Å². The summed E-state index contributed by atoms with van der Waals surface area (Å²) < 4.78 is 21.9. The molecule has 154 valence electrons. The van der Waals surface area contributed by atoms with Gasteiger partial charge in [-0.3, -0.25) is 4.79 Å². The Morgan fingerprint density at radius 1 is 1.19 bits per heavy atom. The van der Waals surface area contributed by atoms with Crippen LogP contribution in [0.2, 0.25) is 0 Å². The molecule has 9 atom stereocenters. The highest BCUT2D eigenvalue weighted by atomic mass is 16.8. The number of carbonyl (C=O) groups excluding carboxylic acids is 1. The Balaban J connectivity index is 1.83. The first-order valence-corrected chi connectivity index (χ1v) is 8.82. The van der Waals surface area contributed by atoms with Crippen LogP contribution in [0.1, 0.15) is 26.7 Å². The first-order chi connectivity index (χ1) is 12.6. The van der Waals surface area contributed by atoms with E-state index in [2.05, 4.69) is 0 Å². The van der Waals surface area contributed by atoms with Crippen LogP contribution in [0.3, 0.4) is 0 Å². The topological polar surface area (TPSA) is 155 Å². The number of aliphatic hydroxyl groups excluding tert-OH is 4. The zero-order chi connectivity index (χ0) is 20.0. The van der Waals surface area contributed by atoms with Crippen LogP contribution in [0.25, 0.3) is 0 Å². The second-order valence-electron chi connectivity index (χ2n) is 7.52. The fraction of sp³-hybridized carbons (Fsp3) is 0.824. The van der Waals surface area contributed by atoms with E-state index in [0.29, 0.717) is 12.8 Å². The number of hydrogen-bond donors (Lipinski definition) is 5. The van der Waals surface area contributed by atoms with Gasteiger partial charge in [-0.1, -0.05) is 0 Å². The summed E-state index contributed by atoms with van der Waals surface area (Å²) in [4.78, 5) is 11.5. The molecule has 1 saturated carbocycles. The summed E-state index contributed by atoms with van der Waals surface area (Å²) in [5.74, 6) is -1.35. The van der Waals surface area contributed by atoms with Gasteiger partial charge in [-0.2, -0.15) is 0 Å². The minimum absolute atomic E-state index is 0.301. The highest BCUT2D eigenvalue weighted by Crippen LogP contribution is 2.51. The van der Waals surface area contributed by atoms with Crippen molar-refractivity contribution in [3.05, 3.63) is 12.3 Å². The molecule has 0 radical (unpaired) electrons.